The molecule has 0 radical (unpaired) electrons. The van der Waals surface area contributed by atoms with Crippen molar-refractivity contribution in [3.05, 3.63) is 35.4 Å². The van der Waals surface area contributed by atoms with Crippen molar-refractivity contribution in [1.29, 1.82) is 5.41 Å². The van der Waals surface area contributed by atoms with Crippen LogP contribution in [0.4, 0.5) is 0 Å². The lowest BCUT2D eigenvalue weighted by Gasteiger charge is -1.94. The summed E-state index contributed by atoms with van der Waals surface area (Å²) in [6.07, 6.45) is 5.57. The third kappa shape index (κ3) is 3.52. The molecule has 0 aliphatic rings. The minimum atomic E-state index is 0.906. The standard InChI is InChI=1S/C12H16N2/c1-2-3-8-14-10-12-6-4-11(9-13)5-7-12/h4-7,9-10,13H,2-3,8H2,1H3. The van der Waals surface area contributed by atoms with Crippen LogP contribution in [0.5, 0.6) is 0 Å². The summed E-state index contributed by atoms with van der Waals surface area (Å²) in [5.74, 6) is 0. The second-order valence-corrected chi connectivity index (χ2v) is 3.20. The Balaban J connectivity index is 2.50. The van der Waals surface area contributed by atoms with Gasteiger partial charge in [-0.2, -0.15) is 0 Å². The van der Waals surface area contributed by atoms with Gasteiger partial charge in [0.2, 0.25) is 0 Å². The Bertz CT molecular complexity index is 299. The fraction of sp³-hybridized carbons (Fsp3) is 0.333. The van der Waals surface area contributed by atoms with Crippen molar-refractivity contribution in [3.8, 4) is 0 Å². The first kappa shape index (κ1) is 10.6. The molecule has 14 heavy (non-hydrogen) atoms. The summed E-state index contributed by atoms with van der Waals surface area (Å²) in [6, 6.07) is 7.81. The highest BCUT2D eigenvalue weighted by atomic mass is 14.7. The fourth-order valence-electron chi connectivity index (χ4n) is 1.10. The van der Waals surface area contributed by atoms with Gasteiger partial charge in [0.25, 0.3) is 0 Å². The SMILES string of the molecule is CCCCN=Cc1ccc(C=N)cc1. The number of unbranched alkanes of at least 4 members (excludes halogenated alkanes) is 1. The van der Waals surface area contributed by atoms with E-state index in [-0.39, 0.29) is 0 Å². The van der Waals surface area contributed by atoms with Gasteiger partial charge < -0.3 is 5.41 Å². The number of hydrogen-bond donors (Lipinski definition) is 1. The molecule has 2 heteroatoms. The lowest BCUT2D eigenvalue weighted by atomic mass is 10.2. The molecule has 74 valence electrons. The third-order valence-corrected chi connectivity index (χ3v) is 1.98. The molecule has 0 bridgehead atoms. The van der Waals surface area contributed by atoms with Gasteiger partial charge >= 0.3 is 0 Å². The molecular weight excluding hydrogens is 172 g/mol. The highest BCUT2D eigenvalue weighted by molar-refractivity contribution is 5.82. The van der Waals surface area contributed by atoms with Crippen molar-refractivity contribution in [2.45, 2.75) is 19.8 Å². The monoisotopic (exact) mass is 188 g/mol. The molecule has 0 spiro atoms. The van der Waals surface area contributed by atoms with Crippen LogP contribution in [0, 0.1) is 5.41 Å². The molecule has 0 atom stereocenters. The van der Waals surface area contributed by atoms with Crippen molar-refractivity contribution >= 4 is 12.4 Å². The minimum Gasteiger partial charge on any atom is -0.308 e. The van der Waals surface area contributed by atoms with Crippen LogP contribution in [-0.2, 0) is 0 Å². The number of aliphatic imine (C=N–C) groups is 1. The van der Waals surface area contributed by atoms with Gasteiger partial charge in [0.05, 0.1) is 0 Å². The molecular formula is C12H16N2. The summed E-state index contributed by atoms with van der Waals surface area (Å²) >= 11 is 0. The lowest BCUT2D eigenvalue weighted by Crippen LogP contribution is -1.85. The quantitative estimate of drug-likeness (QED) is 0.545. The van der Waals surface area contributed by atoms with Crippen LogP contribution in [0.15, 0.2) is 29.3 Å². The molecule has 0 fully saturated rings. The molecule has 0 aliphatic heterocycles. The molecule has 0 amide bonds. The van der Waals surface area contributed by atoms with Crippen LogP contribution in [0.2, 0.25) is 0 Å². The van der Waals surface area contributed by atoms with Crippen LogP contribution in [-0.4, -0.2) is 19.0 Å². The summed E-state index contributed by atoms with van der Waals surface area (Å²) < 4.78 is 0. The van der Waals surface area contributed by atoms with Crippen LogP contribution in [0.1, 0.15) is 30.9 Å². The maximum Gasteiger partial charge on any atom is 0.0389 e. The van der Waals surface area contributed by atoms with E-state index >= 15 is 0 Å². The van der Waals surface area contributed by atoms with Crippen LogP contribution in [0.25, 0.3) is 0 Å². The molecule has 0 unspecified atom stereocenters. The molecule has 1 aromatic carbocycles. The number of benzene rings is 1. The smallest absolute Gasteiger partial charge is 0.0389 e. The lowest BCUT2D eigenvalue weighted by molar-refractivity contribution is 0.810. The van der Waals surface area contributed by atoms with Crippen molar-refractivity contribution in [2.24, 2.45) is 4.99 Å². The van der Waals surface area contributed by atoms with Gasteiger partial charge in [-0.1, -0.05) is 37.6 Å². The number of hydrogen-bond acceptors (Lipinski definition) is 2. The van der Waals surface area contributed by atoms with Gasteiger partial charge in [-0.15, -0.1) is 0 Å². The third-order valence-electron chi connectivity index (χ3n) is 1.98. The van der Waals surface area contributed by atoms with Gasteiger partial charge in [-0.25, -0.2) is 0 Å². The Morgan fingerprint density at radius 3 is 2.43 bits per heavy atom. The predicted molar refractivity (Wildman–Crippen MR) is 61.7 cm³/mol. The zero-order valence-electron chi connectivity index (χ0n) is 8.53. The molecule has 1 rings (SSSR count). The average molecular weight is 188 g/mol. The molecule has 0 saturated heterocycles. The molecule has 0 saturated carbocycles. The first-order valence-electron chi connectivity index (χ1n) is 4.97. The molecule has 1 aromatic rings. The van der Waals surface area contributed by atoms with Gasteiger partial charge in [0, 0.05) is 19.0 Å². The summed E-state index contributed by atoms with van der Waals surface area (Å²) in [4.78, 5) is 4.30. The second kappa shape index (κ2) is 6.08. The van der Waals surface area contributed by atoms with E-state index in [1.807, 2.05) is 30.5 Å². The van der Waals surface area contributed by atoms with E-state index in [1.165, 1.54) is 12.6 Å². The fourth-order valence-corrected chi connectivity index (χ4v) is 1.10. The van der Waals surface area contributed by atoms with Crippen molar-refractivity contribution < 1.29 is 0 Å². The van der Waals surface area contributed by atoms with Crippen LogP contribution < -0.4 is 0 Å². The zero-order valence-corrected chi connectivity index (χ0v) is 8.53. The molecule has 0 heterocycles. The van der Waals surface area contributed by atoms with Gasteiger partial charge in [-0.05, 0) is 17.5 Å². The van der Waals surface area contributed by atoms with E-state index in [0.717, 1.165) is 24.1 Å². The number of nitrogens with zero attached hydrogens (tertiary/aromatic N) is 1. The maximum absolute atomic E-state index is 7.05. The summed E-state index contributed by atoms with van der Waals surface area (Å²) in [5, 5.41) is 7.05. The van der Waals surface area contributed by atoms with E-state index in [4.69, 9.17) is 5.41 Å². The summed E-state index contributed by atoms with van der Waals surface area (Å²) in [5.41, 5.74) is 2.03. The summed E-state index contributed by atoms with van der Waals surface area (Å²) in [6.45, 7) is 3.07. The largest absolute Gasteiger partial charge is 0.308 e. The Morgan fingerprint density at radius 2 is 1.86 bits per heavy atom. The molecule has 1 N–H and O–H groups in total. The number of rotatable bonds is 5. The molecule has 0 aliphatic carbocycles. The van der Waals surface area contributed by atoms with Crippen LogP contribution >= 0.6 is 0 Å². The molecule has 2 nitrogen and oxygen atoms in total. The van der Waals surface area contributed by atoms with E-state index in [9.17, 15) is 0 Å². The predicted octanol–water partition coefficient (Wildman–Crippen LogP) is 2.90. The first-order chi connectivity index (χ1) is 6.86. The van der Waals surface area contributed by atoms with Crippen molar-refractivity contribution in [1.82, 2.24) is 0 Å². The Morgan fingerprint density at radius 1 is 1.21 bits per heavy atom. The Hall–Kier alpha value is -1.44. The van der Waals surface area contributed by atoms with Crippen LogP contribution in [0.3, 0.4) is 0 Å². The van der Waals surface area contributed by atoms with Crippen molar-refractivity contribution in [3.63, 3.8) is 0 Å². The van der Waals surface area contributed by atoms with Gasteiger partial charge in [-0.3, -0.25) is 4.99 Å². The van der Waals surface area contributed by atoms with Crippen molar-refractivity contribution in [2.75, 3.05) is 6.54 Å². The highest BCUT2D eigenvalue weighted by Gasteiger charge is 1.88. The normalized spacial score (nSPS) is 10.6. The maximum atomic E-state index is 7.05. The van der Waals surface area contributed by atoms with Gasteiger partial charge in [0.1, 0.15) is 0 Å². The van der Waals surface area contributed by atoms with E-state index in [2.05, 4.69) is 11.9 Å². The highest BCUT2D eigenvalue weighted by Crippen LogP contribution is 1.99. The summed E-state index contributed by atoms with van der Waals surface area (Å²) in [7, 11) is 0. The molecule has 0 aromatic heterocycles. The van der Waals surface area contributed by atoms with E-state index in [0.29, 0.717) is 0 Å². The average Bonchev–Trinajstić information content (AvgIpc) is 2.25. The van der Waals surface area contributed by atoms with E-state index in [1.54, 1.807) is 0 Å². The van der Waals surface area contributed by atoms with E-state index < -0.39 is 0 Å². The topological polar surface area (TPSA) is 36.2 Å². The second-order valence-electron chi connectivity index (χ2n) is 3.20. The minimum absolute atomic E-state index is 0.906. The van der Waals surface area contributed by atoms with Gasteiger partial charge in [0.15, 0.2) is 0 Å². The Labute approximate surface area is 85.2 Å². The number of nitrogens with one attached hydrogen (secondary N) is 1. The first-order valence-corrected chi connectivity index (χ1v) is 4.97. The zero-order chi connectivity index (χ0) is 10.2. The Kier molecular flexibility index (Phi) is 4.62.